The maximum atomic E-state index is 12.4. The summed E-state index contributed by atoms with van der Waals surface area (Å²) >= 11 is 0. The number of methoxy groups -OCH3 is 2. The molecular weight excluding hydrogens is 346 g/mol. The number of benzene rings is 2. The molecule has 1 atom stereocenters. The molecule has 0 aliphatic carbocycles. The van der Waals surface area contributed by atoms with Crippen molar-refractivity contribution in [3.8, 4) is 11.5 Å². The predicted octanol–water partition coefficient (Wildman–Crippen LogP) is 3.43. The van der Waals surface area contributed by atoms with Crippen molar-refractivity contribution in [2.45, 2.75) is 33.3 Å². The molecule has 0 aromatic heterocycles. The SMILES string of the molecule is COc1ccc(CC(=O)O[C@H](C)C(=O)Nc2c(C)cccc2C)c(OC)c1. The number of aryl methyl sites for hydroxylation is 2. The number of hydrogen-bond acceptors (Lipinski definition) is 5. The van der Waals surface area contributed by atoms with Gasteiger partial charge >= 0.3 is 5.97 Å². The van der Waals surface area contributed by atoms with Gasteiger partial charge in [-0.05, 0) is 38.0 Å². The second-order valence-electron chi connectivity index (χ2n) is 6.24. The van der Waals surface area contributed by atoms with E-state index in [1.807, 2.05) is 32.0 Å². The highest BCUT2D eigenvalue weighted by atomic mass is 16.5. The number of esters is 1. The van der Waals surface area contributed by atoms with Crippen molar-refractivity contribution < 1.29 is 23.8 Å². The van der Waals surface area contributed by atoms with Crippen LogP contribution in [-0.2, 0) is 20.7 Å². The van der Waals surface area contributed by atoms with E-state index in [0.29, 0.717) is 17.1 Å². The number of amides is 1. The van der Waals surface area contributed by atoms with E-state index in [2.05, 4.69) is 5.32 Å². The highest BCUT2D eigenvalue weighted by Gasteiger charge is 2.20. The Hall–Kier alpha value is -3.02. The molecule has 0 fully saturated rings. The number of nitrogens with one attached hydrogen (secondary N) is 1. The van der Waals surface area contributed by atoms with Crippen LogP contribution in [0.4, 0.5) is 5.69 Å². The van der Waals surface area contributed by atoms with E-state index in [4.69, 9.17) is 14.2 Å². The summed E-state index contributed by atoms with van der Waals surface area (Å²) in [4.78, 5) is 24.6. The molecular formula is C21H25NO5. The van der Waals surface area contributed by atoms with Gasteiger partial charge in [-0.3, -0.25) is 9.59 Å². The Labute approximate surface area is 159 Å². The molecule has 0 heterocycles. The van der Waals surface area contributed by atoms with Gasteiger partial charge in [0.2, 0.25) is 0 Å². The van der Waals surface area contributed by atoms with E-state index in [-0.39, 0.29) is 12.3 Å². The highest BCUT2D eigenvalue weighted by molar-refractivity contribution is 5.96. The molecule has 0 radical (unpaired) electrons. The van der Waals surface area contributed by atoms with E-state index in [1.54, 1.807) is 32.2 Å². The first-order valence-corrected chi connectivity index (χ1v) is 8.63. The number of anilines is 1. The van der Waals surface area contributed by atoms with Gasteiger partial charge in [-0.25, -0.2) is 0 Å². The van der Waals surface area contributed by atoms with E-state index in [1.165, 1.54) is 7.11 Å². The van der Waals surface area contributed by atoms with Gasteiger partial charge in [-0.2, -0.15) is 0 Å². The van der Waals surface area contributed by atoms with Crippen LogP contribution in [0.25, 0.3) is 0 Å². The third-order valence-corrected chi connectivity index (χ3v) is 4.24. The van der Waals surface area contributed by atoms with E-state index in [0.717, 1.165) is 16.8 Å². The van der Waals surface area contributed by atoms with Gasteiger partial charge in [-0.15, -0.1) is 0 Å². The lowest BCUT2D eigenvalue weighted by Crippen LogP contribution is -2.31. The van der Waals surface area contributed by atoms with Crippen LogP contribution in [0.3, 0.4) is 0 Å². The fourth-order valence-electron chi connectivity index (χ4n) is 2.68. The summed E-state index contributed by atoms with van der Waals surface area (Å²) in [5.41, 5.74) is 3.29. The normalized spacial score (nSPS) is 11.4. The van der Waals surface area contributed by atoms with E-state index in [9.17, 15) is 9.59 Å². The lowest BCUT2D eigenvalue weighted by Gasteiger charge is -2.16. The van der Waals surface area contributed by atoms with Crippen LogP contribution in [0.1, 0.15) is 23.6 Å². The molecule has 1 N–H and O–H groups in total. The van der Waals surface area contributed by atoms with Crippen molar-refractivity contribution in [2.75, 3.05) is 19.5 Å². The quantitative estimate of drug-likeness (QED) is 0.755. The van der Waals surface area contributed by atoms with Gasteiger partial charge in [0.25, 0.3) is 5.91 Å². The van der Waals surface area contributed by atoms with Crippen LogP contribution in [0.15, 0.2) is 36.4 Å². The minimum atomic E-state index is -0.916. The van der Waals surface area contributed by atoms with Crippen molar-refractivity contribution in [1.82, 2.24) is 0 Å². The zero-order valence-electron chi connectivity index (χ0n) is 16.3. The average Bonchev–Trinajstić information content (AvgIpc) is 2.64. The molecule has 2 aromatic rings. The largest absolute Gasteiger partial charge is 0.497 e. The average molecular weight is 371 g/mol. The number of hydrogen-bond donors (Lipinski definition) is 1. The second kappa shape index (κ2) is 9.07. The number of para-hydroxylation sites is 1. The van der Waals surface area contributed by atoms with Crippen LogP contribution in [0.5, 0.6) is 11.5 Å². The summed E-state index contributed by atoms with van der Waals surface area (Å²) in [6, 6.07) is 10.9. The van der Waals surface area contributed by atoms with Crippen molar-refractivity contribution in [3.63, 3.8) is 0 Å². The van der Waals surface area contributed by atoms with Gasteiger partial charge in [0.05, 0.1) is 20.6 Å². The standard InChI is InChI=1S/C21H25NO5/c1-13-7-6-8-14(2)20(13)22-21(24)15(3)27-19(23)11-16-9-10-17(25-4)12-18(16)26-5/h6-10,12,15H,11H2,1-5H3,(H,22,24)/t15-/m1/s1. The molecule has 0 aliphatic heterocycles. The number of rotatable bonds is 7. The van der Waals surface area contributed by atoms with Crippen molar-refractivity contribution in [2.24, 2.45) is 0 Å². The molecule has 0 saturated heterocycles. The first-order chi connectivity index (χ1) is 12.8. The number of ether oxygens (including phenoxy) is 3. The molecule has 2 aromatic carbocycles. The van der Waals surface area contributed by atoms with Crippen LogP contribution >= 0.6 is 0 Å². The molecule has 6 nitrogen and oxygen atoms in total. The third kappa shape index (κ3) is 5.23. The Bertz CT molecular complexity index is 811. The molecule has 0 saturated carbocycles. The maximum absolute atomic E-state index is 12.4. The Balaban J connectivity index is 2.00. The van der Waals surface area contributed by atoms with E-state index < -0.39 is 12.1 Å². The fourth-order valence-corrected chi connectivity index (χ4v) is 2.68. The number of carbonyl (C=O) groups is 2. The summed E-state index contributed by atoms with van der Waals surface area (Å²) in [5.74, 6) is 0.273. The molecule has 1 amide bonds. The molecule has 0 aliphatic rings. The van der Waals surface area contributed by atoms with Crippen LogP contribution in [0.2, 0.25) is 0 Å². The summed E-state index contributed by atoms with van der Waals surface area (Å²) in [6.07, 6.45) is -0.922. The van der Waals surface area contributed by atoms with Crippen LogP contribution in [0, 0.1) is 13.8 Å². The smallest absolute Gasteiger partial charge is 0.311 e. The van der Waals surface area contributed by atoms with Crippen molar-refractivity contribution >= 4 is 17.6 Å². The lowest BCUT2D eigenvalue weighted by atomic mass is 10.1. The molecule has 0 bridgehead atoms. The minimum absolute atomic E-state index is 0.00577. The Morgan fingerprint density at radius 3 is 2.30 bits per heavy atom. The van der Waals surface area contributed by atoms with Gasteiger partial charge in [0.15, 0.2) is 6.10 Å². The van der Waals surface area contributed by atoms with Crippen molar-refractivity contribution in [3.05, 3.63) is 53.1 Å². The highest BCUT2D eigenvalue weighted by Crippen LogP contribution is 2.25. The van der Waals surface area contributed by atoms with E-state index >= 15 is 0 Å². The maximum Gasteiger partial charge on any atom is 0.311 e. The fraction of sp³-hybridized carbons (Fsp3) is 0.333. The second-order valence-corrected chi connectivity index (χ2v) is 6.24. The van der Waals surface area contributed by atoms with Gasteiger partial charge in [-0.1, -0.05) is 24.3 Å². The van der Waals surface area contributed by atoms with Gasteiger partial charge in [0.1, 0.15) is 11.5 Å². The first kappa shape index (κ1) is 20.3. The summed E-state index contributed by atoms with van der Waals surface area (Å²) in [6.45, 7) is 5.37. The topological polar surface area (TPSA) is 73.9 Å². The summed E-state index contributed by atoms with van der Waals surface area (Å²) < 4.78 is 15.7. The first-order valence-electron chi connectivity index (χ1n) is 8.63. The predicted molar refractivity (Wildman–Crippen MR) is 103 cm³/mol. The Morgan fingerprint density at radius 2 is 1.70 bits per heavy atom. The van der Waals surface area contributed by atoms with Gasteiger partial charge in [0, 0.05) is 17.3 Å². The summed E-state index contributed by atoms with van der Waals surface area (Å²) in [7, 11) is 3.07. The van der Waals surface area contributed by atoms with Gasteiger partial charge < -0.3 is 19.5 Å². The monoisotopic (exact) mass is 371 g/mol. The third-order valence-electron chi connectivity index (χ3n) is 4.24. The van der Waals surface area contributed by atoms with Crippen LogP contribution < -0.4 is 14.8 Å². The molecule has 144 valence electrons. The van der Waals surface area contributed by atoms with Crippen molar-refractivity contribution in [1.29, 1.82) is 0 Å². The lowest BCUT2D eigenvalue weighted by molar-refractivity contribution is -0.152. The molecule has 0 spiro atoms. The Morgan fingerprint density at radius 1 is 1.04 bits per heavy atom. The molecule has 6 heteroatoms. The zero-order chi connectivity index (χ0) is 20.0. The number of carbonyl (C=O) groups excluding carboxylic acids is 2. The minimum Gasteiger partial charge on any atom is -0.497 e. The molecule has 0 unspecified atom stereocenters. The molecule has 27 heavy (non-hydrogen) atoms. The zero-order valence-corrected chi connectivity index (χ0v) is 16.3. The van der Waals surface area contributed by atoms with Crippen LogP contribution in [-0.4, -0.2) is 32.2 Å². The molecule has 2 rings (SSSR count). The Kier molecular flexibility index (Phi) is 6.82. The summed E-state index contributed by atoms with van der Waals surface area (Å²) in [5, 5.41) is 2.83.